The summed E-state index contributed by atoms with van der Waals surface area (Å²) in [6.07, 6.45) is 5.95. The van der Waals surface area contributed by atoms with Gasteiger partial charge in [-0.25, -0.2) is 4.98 Å². The van der Waals surface area contributed by atoms with E-state index in [0.29, 0.717) is 43.9 Å². The smallest absolute Gasteiger partial charge is 0.213 e. The van der Waals surface area contributed by atoms with Gasteiger partial charge in [-0.3, -0.25) is 4.99 Å². The van der Waals surface area contributed by atoms with Crippen molar-refractivity contribution < 1.29 is 14.2 Å². The van der Waals surface area contributed by atoms with Gasteiger partial charge >= 0.3 is 0 Å². The Morgan fingerprint density at radius 1 is 1.13 bits per heavy atom. The van der Waals surface area contributed by atoms with Crippen LogP contribution in [0.3, 0.4) is 0 Å². The van der Waals surface area contributed by atoms with Crippen molar-refractivity contribution in [1.82, 2.24) is 15.6 Å². The summed E-state index contributed by atoms with van der Waals surface area (Å²) in [7, 11) is 1.79. The van der Waals surface area contributed by atoms with E-state index in [1.165, 1.54) is 6.42 Å². The largest absolute Gasteiger partial charge is 0.490 e. The third-order valence-electron chi connectivity index (χ3n) is 5.25. The highest BCUT2D eigenvalue weighted by atomic mass is 127. The molecular formula is C22H29IN4O3. The number of para-hydroxylation sites is 1. The molecule has 2 N–H and O–H groups in total. The van der Waals surface area contributed by atoms with Gasteiger partial charge in [-0.2, -0.15) is 0 Å². The van der Waals surface area contributed by atoms with E-state index >= 15 is 0 Å². The van der Waals surface area contributed by atoms with Crippen molar-refractivity contribution in [2.75, 3.05) is 20.3 Å². The van der Waals surface area contributed by atoms with Crippen molar-refractivity contribution in [3.63, 3.8) is 0 Å². The van der Waals surface area contributed by atoms with Crippen LogP contribution >= 0.6 is 24.0 Å². The Bertz CT molecular complexity index is 804. The Kier molecular flexibility index (Phi) is 8.56. The zero-order chi connectivity index (χ0) is 19.9. The van der Waals surface area contributed by atoms with Crippen molar-refractivity contribution in [3.8, 4) is 11.6 Å². The molecule has 2 saturated heterocycles. The molecule has 8 heteroatoms. The van der Waals surface area contributed by atoms with Gasteiger partial charge in [0.15, 0.2) is 5.96 Å². The SMILES string of the molecule is CN=C(NCc1ccc(OCCOc2ccccc2)nc1)NC1CC2CCC1O2.I. The van der Waals surface area contributed by atoms with Crippen LogP contribution in [0.1, 0.15) is 24.8 Å². The first kappa shape index (κ1) is 22.6. The lowest BCUT2D eigenvalue weighted by atomic mass is 9.96. The number of hydrogen-bond acceptors (Lipinski definition) is 5. The second-order valence-electron chi connectivity index (χ2n) is 7.30. The molecule has 7 nitrogen and oxygen atoms in total. The molecule has 2 aliphatic rings. The van der Waals surface area contributed by atoms with Gasteiger partial charge in [0, 0.05) is 25.9 Å². The summed E-state index contributed by atoms with van der Waals surface area (Å²) in [6.45, 7) is 1.57. The van der Waals surface area contributed by atoms with Gasteiger partial charge < -0.3 is 24.8 Å². The highest BCUT2D eigenvalue weighted by molar-refractivity contribution is 14.0. The molecule has 0 aliphatic carbocycles. The first-order valence-corrected chi connectivity index (χ1v) is 10.2. The quantitative estimate of drug-likeness (QED) is 0.239. The standard InChI is InChI=1S/C22H28N4O3.HI/c1-23-22(26-19-13-18-8-9-20(19)29-18)25-15-16-7-10-21(24-14-16)28-12-11-27-17-5-3-2-4-6-17;/h2-7,10,14,18-20H,8-9,11-13,15H2,1H3,(H2,23,25,26);1H. The van der Waals surface area contributed by atoms with Crippen LogP contribution in [0.5, 0.6) is 11.6 Å². The van der Waals surface area contributed by atoms with E-state index in [-0.39, 0.29) is 24.0 Å². The van der Waals surface area contributed by atoms with Crippen LogP contribution in [-0.2, 0) is 11.3 Å². The van der Waals surface area contributed by atoms with Crippen molar-refractivity contribution >= 4 is 29.9 Å². The van der Waals surface area contributed by atoms with Crippen LogP contribution in [0.25, 0.3) is 0 Å². The number of aliphatic imine (C=N–C) groups is 1. The molecule has 30 heavy (non-hydrogen) atoms. The van der Waals surface area contributed by atoms with E-state index in [2.05, 4.69) is 20.6 Å². The molecule has 1 aromatic heterocycles. The fourth-order valence-electron chi connectivity index (χ4n) is 3.77. The molecule has 0 spiro atoms. The first-order valence-electron chi connectivity index (χ1n) is 10.2. The Morgan fingerprint density at radius 3 is 2.63 bits per heavy atom. The van der Waals surface area contributed by atoms with E-state index < -0.39 is 0 Å². The van der Waals surface area contributed by atoms with Gasteiger partial charge in [0.25, 0.3) is 0 Å². The van der Waals surface area contributed by atoms with Crippen LogP contribution in [0.15, 0.2) is 53.7 Å². The molecular weight excluding hydrogens is 495 g/mol. The number of nitrogens with one attached hydrogen (secondary N) is 2. The fraction of sp³-hybridized carbons (Fsp3) is 0.455. The van der Waals surface area contributed by atoms with Crippen LogP contribution in [0, 0.1) is 0 Å². The summed E-state index contributed by atoms with van der Waals surface area (Å²) >= 11 is 0. The van der Waals surface area contributed by atoms with Gasteiger partial charge in [0.1, 0.15) is 19.0 Å². The van der Waals surface area contributed by atoms with Gasteiger partial charge in [0.05, 0.1) is 18.2 Å². The number of halogens is 1. The number of pyridine rings is 1. The van der Waals surface area contributed by atoms with Crippen molar-refractivity contribution in [3.05, 3.63) is 54.2 Å². The Hall–Kier alpha value is -2.07. The van der Waals surface area contributed by atoms with Crippen LogP contribution in [-0.4, -0.2) is 49.5 Å². The zero-order valence-electron chi connectivity index (χ0n) is 17.1. The molecule has 1 aromatic carbocycles. The van der Waals surface area contributed by atoms with Crippen LogP contribution in [0.2, 0.25) is 0 Å². The first-order chi connectivity index (χ1) is 14.3. The molecule has 2 bridgehead atoms. The van der Waals surface area contributed by atoms with Crippen LogP contribution < -0.4 is 20.1 Å². The number of ether oxygens (including phenoxy) is 3. The monoisotopic (exact) mass is 524 g/mol. The topological polar surface area (TPSA) is 77.0 Å². The van der Waals surface area contributed by atoms with E-state index in [1.54, 1.807) is 7.05 Å². The molecule has 3 unspecified atom stereocenters. The number of fused-ring (bicyclic) bond motifs is 2. The molecule has 2 aliphatic heterocycles. The summed E-state index contributed by atoms with van der Waals surface area (Å²) in [4.78, 5) is 8.69. The Labute approximate surface area is 194 Å². The fourth-order valence-corrected chi connectivity index (χ4v) is 3.77. The number of nitrogens with zero attached hydrogens (tertiary/aromatic N) is 2. The lowest BCUT2D eigenvalue weighted by Gasteiger charge is -2.22. The number of benzene rings is 1. The number of guanidine groups is 1. The Morgan fingerprint density at radius 2 is 1.97 bits per heavy atom. The minimum atomic E-state index is 0. The predicted molar refractivity (Wildman–Crippen MR) is 127 cm³/mol. The molecule has 2 fully saturated rings. The molecule has 4 rings (SSSR count). The lowest BCUT2D eigenvalue weighted by Crippen LogP contribution is -2.47. The van der Waals surface area contributed by atoms with Crippen LogP contribution in [0.4, 0.5) is 0 Å². The molecule has 0 saturated carbocycles. The van der Waals surface area contributed by atoms with Crippen molar-refractivity contribution in [2.45, 2.75) is 44.1 Å². The predicted octanol–water partition coefficient (Wildman–Crippen LogP) is 3.14. The second kappa shape index (κ2) is 11.4. The highest BCUT2D eigenvalue weighted by Crippen LogP contribution is 2.34. The lowest BCUT2D eigenvalue weighted by molar-refractivity contribution is 0.0992. The normalized spacial score (nSPS) is 22.3. The Balaban J connectivity index is 0.00000256. The molecule has 3 heterocycles. The van der Waals surface area contributed by atoms with E-state index in [1.807, 2.05) is 48.7 Å². The van der Waals surface area contributed by atoms with E-state index in [0.717, 1.165) is 30.1 Å². The highest BCUT2D eigenvalue weighted by Gasteiger charge is 2.41. The van der Waals surface area contributed by atoms with Crippen molar-refractivity contribution in [1.29, 1.82) is 0 Å². The molecule has 0 amide bonds. The molecule has 2 aromatic rings. The summed E-state index contributed by atoms with van der Waals surface area (Å²) in [6, 6.07) is 13.9. The van der Waals surface area contributed by atoms with E-state index in [9.17, 15) is 0 Å². The zero-order valence-corrected chi connectivity index (χ0v) is 19.5. The van der Waals surface area contributed by atoms with Gasteiger partial charge in [0.2, 0.25) is 5.88 Å². The van der Waals surface area contributed by atoms with Gasteiger partial charge in [-0.1, -0.05) is 24.3 Å². The maximum Gasteiger partial charge on any atom is 0.213 e. The van der Waals surface area contributed by atoms with Crippen molar-refractivity contribution in [2.24, 2.45) is 4.99 Å². The second-order valence-corrected chi connectivity index (χ2v) is 7.30. The number of hydrogen-bond donors (Lipinski definition) is 2. The number of rotatable bonds is 8. The minimum absolute atomic E-state index is 0. The summed E-state index contributed by atoms with van der Waals surface area (Å²) in [5, 5.41) is 6.83. The average molecular weight is 524 g/mol. The maximum atomic E-state index is 5.89. The summed E-state index contributed by atoms with van der Waals surface area (Å²) in [5.74, 6) is 2.22. The average Bonchev–Trinajstić information content (AvgIpc) is 3.39. The van der Waals surface area contributed by atoms with Gasteiger partial charge in [-0.05, 0) is 37.0 Å². The minimum Gasteiger partial charge on any atom is -0.490 e. The number of aromatic nitrogens is 1. The summed E-state index contributed by atoms with van der Waals surface area (Å²) in [5.41, 5.74) is 1.06. The third-order valence-corrected chi connectivity index (χ3v) is 5.25. The molecule has 162 valence electrons. The molecule has 3 atom stereocenters. The van der Waals surface area contributed by atoms with E-state index in [4.69, 9.17) is 14.2 Å². The van der Waals surface area contributed by atoms with Gasteiger partial charge in [-0.15, -0.1) is 24.0 Å². The summed E-state index contributed by atoms with van der Waals surface area (Å²) < 4.78 is 17.1. The third kappa shape index (κ3) is 6.21. The maximum absolute atomic E-state index is 5.89. The molecule has 0 radical (unpaired) electrons.